The third-order valence-electron chi connectivity index (χ3n) is 4.75. The molecule has 0 saturated heterocycles. The Morgan fingerprint density at radius 1 is 1.16 bits per heavy atom. The number of halogens is 1. The molecule has 5 N–H and O–H groups in total. The highest BCUT2D eigenvalue weighted by Crippen LogP contribution is 2.32. The van der Waals surface area contributed by atoms with Crippen LogP contribution < -0.4 is 11.1 Å². The summed E-state index contributed by atoms with van der Waals surface area (Å²) in [7, 11) is 0. The second kappa shape index (κ2) is 8.65. The number of benzene rings is 2. The monoisotopic (exact) mass is 482 g/mol. The number of carbonyl (C=O) groups excluding carboxylic acids is 2. The van der Waals surface area contributed by atoms with Gasteiger partial charge in [-0.25, -0.2) is 4.79 Å². The van der Waals surface area contributed by atoms with E-state index in [-0.39, 0.29) is 22.6 Å². The number of nitrogens with zero attached hydrogens (tertiary/aromatic N) is 1. The normalized spacial score (nSPS) is 11.7. The second-order valence-corrected chi connectivity index (χ2v) is 7.99. The van der Waals surface area contributed by atoms with Crippen molar-refractivity contribution in [3.8, 4) is 0 Å². The van der Waals surface area contributed by atoms with Crippen molar-refractivity contribution < 1.29 is 19.5 Å². The van der Waals surface area contributed by atoms with Gasteiger partial charge in [0.2, 0.25) is 0 Å². The number of primary amides is 1. The molecule has 2 aromatic carbocycles. The minimum absolute atomic E-state index is 0.0592. The second-order valence-electron chi connectivity index (χ2n) is 7.07. The minimum atomic E-state index is -1.10. The van der Waals surface area contributed by atoms with E-state index in [1.54, 1.807) is 31.2 Å². The molecule has 8 nitrogen and oxygen atoms in total. The lowest BCUT2D eigenvalue weighted by atomic mass is 9.90. The fourth-order valence-electron chi connectivity index (χ4n) is 3.43. The van der Waals surface area contributed by atoms with E-state index in [2.05, 4.69) is 26.2 Å². The van der Waals surface area contributed by atoms with Crippen LogP contribution in [0.2, 0.25) is 0 Å². The van der Waals surface area contributed by atoms with Crippen LogP contribution in [0.3, 0.4) is 0 Å². The van der Waals surface area contributed by atoms with E-state index in [0.29, 0.717) is 32.3 Å². The number of hydrogen-bond acceptors (Lipinski definition) is 6. The maximum atomic E-state index is 12.0. The Labute approximate surface area is 186 Å². The maximum absolute atomic E-state index is 12.0. The van der Waals surface area contributed by atoms with Crippen LogP contribution in [0.15, 0.2) is 47.1 Å². The Morgan fingerprint density at radius 3 is 2.45 bits per heavy atom. The lowest BCUT2D eigenvalue weighted by Gasteiger charge is -2.17. The molecule has 0 saturated carbocycles. The number of pyridine rings is 1. The molecule has 9 heteroatoms. The summed E-state index contributed by atoms with van der Waals surface area (Å²) >= 11 is 3.29. The minimum Gasteiger partial charge on any atom is -0.478 e. The molecule has 0 spiro atoms. The van der Waals surface area contributed by atoms with Crippen molar-refractivity contribution in [2.45, 2.75) is 19.8 Å². The largest absolute Gasteiger partial charge is 0.478 e. The number of rotatable bonds is 7. The van der Waals surface area contributed by atoms with Crippen LogP contribution >= 0.6 is 15.9 Å². The van der Waals surface area contributed by atoms with Gasteiger partial charge in [-0.15, -0.1) is 0 Å². The number of fused-ring (bicyclic) bond motifs is 1. The van der Waals surface area contributed by atoms with Gasteiger partial charge in [0.1, 0.15) is 5.78 Å². The lowest BCUT2D eigenvalue weighted by molar-refractivity contribution is -0.117. The van der Waals surface area contributed by atoms with E-state index in [1.807, 2.05) is 0 Å². The summed E-state index contributed by atoms with van der Waals surface area (Å²) < 4.78 is 0.543. The van der Waals surface area contributed by atoms with Gasteiger partial charge < -0.3 is 21.6 Å². The number of aromatic carboxylic acids is 1. The van der Waals surface area contributed by atoms with E-state index in [9.17, 15) is 19.5 Å². The molecule has 158 valence electrons. The number of carboxylic acids is 1. The van der Waals surface area contributed by atoms with E-state index >= 15 is 0 Å². The van der Waals surface area contributed by atoms with Gasteiger partial charge in [0.15, 0.2) is 0 Å². The molecular weight excluding hydrogens is 464 g/mol. The Morgan fingerprint density at radius 2 is 1.87 bits per heavy atom. The fourth-order valence-corrected chi connectivity index (χ4v) is 3.92. The predicted octanol–water partition coefficient (Wildman–Crippen LogP) is 4.25. The average molecular weight is 483 g/mol. The number of hydrogen-bond donors (Lipinski definition) is 4. The quantitative estimate of drug-likeness (QED) is 0.370. The number of nitrogens with two attached hydrogens (primary N) is 1. The molecule has 0 aliphatic rings. The smallest absolute Gasteiger partial charge is 0.335 e. The van der Waals surface area contributed by atoms with Gasteiger partial charge in [-0.3, -0.25) is 14.6 Å². The zero-order valence-electron chi connectivity index (χ0n) is 16.7. The number of nitrogens with one attached hydrogen (secondary N) is 2. The van der Waals surface area contributed by atoms with Crippen LogP contribution in [-0.2, 0) is 4.79 Å². The maximum Gasteiger partial charge on any atom is 0.335 e. The molecule has 0 radical (unpaired) electrons. The number of amides is 1. The van der Waals surface area contributed by atoms with Crippen LogP contribution in [0, 0.1) is 5.41 Å². The molecule has 0 fully saturated rings. The molecule has 0 bridgehead atoms. The third-order valence-corrected chi connectivity index (χ3v) is 5.20. The molecule has 31 heavy (non-hydrogen) atoms. The van der Waals surface area contributed by atoms with Crippen molar-refractivity contribution in [2.75, 3.05) is 5.32 Å². The van der Waals surface area contributed by atoms with Crippen molar-refractivity contribution in [1.29, 1.82) is 5.41 Å². The number of aromatic nitrogens is 1. The highest BCUT2D eigenvalue weighted by atomic mass is 79.9. The first-order chi connectivity index (χ1) is 14.6. The zero-order chi connectivity index (χ0) is 22.9. The number of Topliss-reactive ketones (excluding diaryl/α,β-unsaturated/α-hetero) is 1. The van der Waals surface area contributed by atoms with Gasteiger partial charge in [-0.1, -0.05) is 28.1 Å². The SMILES string of the molecule is CC(=N)C(C(C)=O)c1ccc2c(Nc3cc(Br)cc(C(=O)O)c3)c(C(N)=O)cnc2c1. The topological polar surface area (TPSA) is 146 Å². The van der Waals surface area contributed by atoms with Crippen molar-refractivity contribution in [3.05, 3.63) is 63.8 Å². The van der Waals surface area contributed by atoms with Crippen LogP contribution in [0.1, 0.15) is 46.0 Å². The Bertz CT molecular complexity index is 1240. The molecule has 0 aliphatic heterocycles. The van der Waals surface area contributed by atoms with Gasteiger partial charge in [0.05, 0.1) is 28.2 Å². The number of ketones is 1. The van der Waals surface area contributed by atoms with Crippen molar-refractivity contribution in [1.82, 2.24) is 4.98 Å². The van der Waals surface area contributed by atoms with Crippen LogP contribution in [-0.4, -0.2) is 33.5 Å². The van der Waals surface area contributed by atoms with Crippen molar-refractivity contribution >= 4 is 61.6 Å². The van der Waals surface area contributed by atoms with Crippen LogP contribution in [0.4, 0.5) is 11.4 Å². The summed E-state index contributed by atoms with van der Waals surface area (Å²) in [5.74, 6) is -2.64. The first kappa shape index (κ1) is 22.1. The lowest BCUT2D eigenvalue weighted by Crippen LogP contribution is -2.17. The van der Waals surface area contributed by atoms with Gasteiger partial charge >= 0.3 is 5.97 Å². The standard InChI is InChI=1S/C22H19BrN4O4/c1-10(24)19(11(2)28)12-3-4-16-18(7-12)26-9-17(21(25)29)20(16)27-15-6-13(22(30)31)5-14(23)8-15/h3-9,19,24H,1-2H3,(H2,25,29)(H,26,27)(H,30,31). The molecule has 3 rings (SSSR count). The summed E-state index contributed by atoms with van der Waals surface area (Å²) in [6, 6.07) is 9.65. The highest BCUT2D eigenvalue weighted by molar-refractivity contribution is 9.10. The first-order valence-corrected chi connectivity index (χ1v) is 9.96. The molecule has 3 aromatic rings. The number of anilines is 2. The molecule has 0 aliphatic carbocycles. The van der Waals surface area contributed by atoms with E-state index in [1.165, 1.54) is 25.3 Å². The third kappa shape index (κ3) is 4.61. The van der Waals surface area contributed by atoms with Gasteiger partial charge in [-0.05, 0) is 43.7 Å². The van der Waals surface area contributed by atoms with E-state index < -0.39 is 17.8 Å². The zero-order valence-corrected chi connectivity index (χ0v) is 18.3. The van der Waals surface area contributed by atoms with E-state index in [4.69, 9.17) is 11.1 Å². The Kier molecular flexibility index (Phi) is 6.16. The fraction of sp³-hybridized carbons (Fsp3) is 0.136. The molecule has 1 heterocycles. The Hall–Kier alpha value is -3.59. The van der Waals surface area contributed by atoms with Crippen molar-refractivity contribution in [3.63, 3.8) is 0 Å². The number of carbonyl (C=O) groups is 3. The van der Waals surface area contributed by atoms with Gasteiger partial charge in [0, 0.05) is 27.5 Å². The van der Waals surface area contributed by atoms with E-state index in [0.717, 1.165) is 0 Å². The van der Waals surface area contributed by atoms with Gasteiger partial charge in [-0.2, -0.15) is 0 Å². The molecule has 1 unspecified atom stereocenters. The molecule has 1 aromatic heterocycles. The first-order valence-electron chi connectivity index (χ1n) is 9.17. The molecular formula is C22H19BrN4O4. The summed E-state index contributed by atoms with van der Waals surface area (Å²) in [6.07, 6.45) is 1.33. The average Bonchev–Trinajstić information content (AvgIpc) is 2.66. The predicted molar refractivity (Wildman–Crippen MR) is 121 cm³/mol. The van der Waals surface area contributed by atoms with Crippen LogP contribution in [0.25, 0.3) is 10.9 Å². The summed E-state index contributed by atoms with van der Waals surface area (Å²) in [5.41, 5.74) is 7.84. The number of carboxylic acid groups (broad SMARTS) is 1. The molecule has 1 atom stereocenters. The summed E-state index contributed by atoms with van der Waals surface area (Å²) in [6.45, 7) is 3.00. The highest BCUT2D eigenvalue weighted by Gasteiger charge is 2.21. The van der Waals surface area contributed by atoms with Gasteiger partial charge in [0.25, 0.3) is 5.91 Å². The van der Waals surface area contributed by atoms with Crippen molar-refractivity contribution in [2.24, 2.45) is 5.73 Å². The summed E-state index contributed by atoms with van der Waals surface area (Å²) in [4.78, 5) is 39.7. The Balaban J connectivity index is 2.18. The summed E-state index contributed by atoms with van der Waals surface area (Å²) in [5, 5.41) is 20.9. The van der Waals surface area contributed by atoms with Crippen LogP contribution in [0.5, 0.6) is 0 Å². The molecule has 1 amide bonds.